The van der Waals surface area contributed by atoms with Crippen LogP contribution in [0.15, 0.2) is 18.2 Å². The molecule has 0 saturated heterocycles. The van der Waals surface area contributed by atoms with E-state index in [0.717, 1.165) is 22.5 Å². The standard InChI is InChI=1S/C11H12ClN3O/c1-15(2)10-8-6-7(16-3)4-5-9(8)13-11(12)14-10/h4-6H,1-3H3. The number of nitrogens with zero attached hydrogens (tertiary/aromatic N) is 3. The molecule has 0 atom stereocenters. The normalized spacial score (nSPS) is 10.5. The average molecular weight is 238 g/mol. The van der Waals surface area contributed by atoms with Gasteiger partial charge < -0.3 is 9.64 Å². The van der Waals surface area contributed by atoms with Crippen molar-refractivity contribution in [3.05, 3.63) is 23.5 Å². The van der Waals surface area contributed by atoms with E-state index in [0.29, 0.717) is 0 Å². The van der Waals surface area contributed by atoms with Crippen molar-refractivity contribution in [2.45, 2.75) is 0 Å². The van der Waals surface area contributed by atoms with Gasteiger partial charge in [-0.1, -0.05) is 0 Å². The van der Waals surface area contributed by atoms with Crippen molar-refractivity contribution in [1.82, 2.24) is 9.97 Å². The maximum absolute atomic E-state index is 5.86. The van der Waals surface area contributed by atoms with E-state index < -0.39 is 0 Å². The van der Waals surface area contributed by atoms with Gasteiger partial charge in [-0.05, 0) is 29.8 Å². The van der Waals surface area contributed by atoms with Gasteiger partial charge in [0.15, 0.2) is 0 Å². The number of ether oxygens (including phenoxy) is 1. The van der Waals surface area contributed by atoms with Crippen LogP contribution in [0.25, 0.3) is 10.9 Å². The quantitative estimate of drug-likeness (QED) is 0.752. The molecule has 1 aromatic carbocycles. The van der Waals surface area contributed by atoms with Gasteiger partial charge in [-0.3, -0.25) is 0 Å². The Labute approximate surface area is 98.8 Å². The van der Waals surface area contributed by atoms with E-state index in [4.69, 9.17) is 16.3 Å². The fourth-order valence-electron chi connectivity index (χ4n) is 1.53. The van der Waals surface area contributed by atoms with Gasteiger partial charge in [0.25, 0.3) is 0 Å². The van der Waals surface area contributed by atoms with Crippen LogP contribution in [0.5, 0.6) is 5.75 Å². The van der Waals surface area contributed by atoms with E-state index >= 15 is 0 Å². The molecule has 0 bridgehead atoms. The lowest BCUT2D eigenvalue weighted by atomic mass is 10.2. The number of fused-ring (bicyclic) bond motifs is 1. The van der Waals surface area contributed by atoms with Crippen molar-refractivity contribution in [2.75, 3.05) is 26.1 Å². The first kappa shape index (κ1) is 11.0. The molecule has 2 rings (SSSR count). The Balaban J connectivity index is 2.75. The lowest BCUT2D eigenvalue weighted by Gasteiger charge is -2.14. The molecule has 0 saturated carbocycles. The van der Waals surface area contributed by atoms with Crippen LogP contribution in [0.1, 0.15) is 0 Å². The molecule has 0 fully saturated rings. The number of hydrogen-bond acceptors (Lipinski definition) is 4. The summed E-state index contributed by atoms with van der Waals surface area (Å²) in [5.41, 5.74) is 0.810. The Bertz CT molecular complexity index is 528. The number of hydrogen-bond donors (Lipinski definition) is 0. The molecule has 5 heteroatoms. The Morgan fingerprint density at radius 2 is 2.00 bits per heavy atom. The van der Waals surface area contributed by atoms with Crippen molar-refractivity contribution in [3.63, 3.8) is 0 Å². The summed E-state index contributed by atoms with van der Waals surface area (Å²) in [5.74, 6) is 1.57. The van der Waals surface area contributed by atoms with Crippen LogP contribution in [0.2, 0.25) is 5.28 Å². The van der Waals surface area contributed by atoms with E-state index in [2.05, 4.69) is 9.97 Å². The molecule has 2 aromatic rings. The zero-order chi connectivity index (χ0) is 11.7. The second-order valence-electron chi connectivity index (χ2n) is 3.59. The molecule has 0 amide bonds. The number of methoxy groups -OCH3 is 1. The molecule has 0 N–H and O–H groups in total. The van der Waals surface area contributed by atoms with Crippen LogP contribution in [0, 0.1) is 0 Å². The number of benzene rings is 1. The molecular formula is C11H12ClN3O. The monoisotopic (exact) mass is 237 g/mol. The topological polar surface area (TPSA) is 38.3 Å². The fourth-order valence-corrected chi connectivity index (χ4v) is 1.70. The molecule has 1 aromatic heterocycles. The highest BCUT2D eigenvalue weighted by atomic mass is 35.5. The fraction of sp³-hybridized carbons (Fsp3) is 0.273. The molecule has 16 heavy (non-hydrogen) atoms. The molecule has 0 radical (unpaired) electrons. The minimum Gasteiger partial charge on any atom is -0.497 e. The molecule has 84 valence electrons. The van der Waals surface area contributed by atoms with Crippen LogP contribution in [0.4, 0.5) is 5.82 Å². The van der Waals surface area contributed by atoms with Crippen molar-refractivity contribution < 1.29 is 4.74 Å². The summed E-state index contributed by atoms with van der Waals surface area (Å²) in [5, 5.41) is 1.18. The van der Waals surface area contributed by atoms with Gasteiger partial charge in [0.2, 0.25) is 5.28 Å². The summed E-state index contributed by atoms with van der Waals surface area (Å²) >= 11 is 5.86. The summed E-state index contributed by atoms with van der Waals surface area (Å²) < 4.78 is 5.18. The average Bonchev–Trinajstić information content (AvgIpc) is 2.27. The van der Waals surface area contributed by atoms with E-state index in [9.17, 15) is 0 Å². The lowest BCUT2D eigenvalue weighted by molar-refractivity contribution is 0.415. The number of aromatic nitrogens is 2. The molecule has 1 heterocycles. The summed E-state index contributed by atoms with van der Waals surface area (Å²) in [6.45, 7) is 0. The Kier molecular flexibility index (Phi) is 2.83. The molecule has 0 spiro atoms. The summed E-state index contributed by atoms with van der Waals surface area (Å²) in [6.07, 6.45) is 0. The number of anilines is 1. The van der Waals surface area contributed by atoms with Crippen molar-refractivity contribution in [1.29, 1.82) is 0 Å². The van der Waals surface area contributed by atoms with Gasteiger partial charge in [-0.15, -0.1) is 0 Å². The highest BCUT2D eigenvalue weighted by molar-refractivity contribution is 6.28. The van der Waals surface area contributed by atoms with Crippen molar-refractivity contribution in [3.8, 4) is 5.75 Å². The van der Waals surface area contributed by atoms with Crippen LogP contribution in [-0.4, -0.2) is 31.2 Å². The third kappa shape index (κ3) is 1.88. The minimum atomic E-state index is 0.251. The smallest absolute Gasteiger partial charge is 0.224 e. The Morgan fingerprint density at radius 3 is 2.62 bits per heavy atom. The first-order valence-electron chi connectivity index (χ1n) is 4.80. The van der Waals surface area contributed by atoms with E-state index in [1.54, 1.807) is 7.11 Å². The molecule has 4 nitrogen and oxygen atoms in total. The second-order valence-corrected chi connectivity index (χ2v) is 3.93. The third-order valence-corrected chi connectivity index (χ3v) is 2.45. The van der Waals surface area contributed by atoms with E-state index in [1.165, 1.54) is 0 Å². The molecule has 0 aliphatic carbocycles. The molecule has 0 unspecified atom stereocenters. The predicted molar refractivity (Wildman–Crippen MR) is 65.4 cm³/mol. The number of halogens is 1. The number of rotatable bonds is 2. The van der Waals surface area contributed by atoms with Gasteiger partial charge in [0.1, 0.15) is 11.6 Å². The summed E-state index contributed by atoms with van der Waals surface area (Å²) in [6, 6.07) is 5.63. The van der Waals surface area contributed by atoms with Gasteiger partial charge in [-0.25, -0.2) is 4.98 Å². The van der Waals surface area contributed by atoms with Crippen molar-refractivity contribution in [2.24, 2.45) is 0 Å². The van der Waals surface area contributed by atoms with Gasteiger partial charge in [-0.2, -0.15) is 4.98 Å². The maximum Gasteiger partial charge on any atom is 0.224 e. The van der Waals surface area contributed by atoms with Crippen LogP contribution in [-0.2, 0) is 0 Å². The van der Waals surface area contributed by atoms with Gasteiger partial charge in [0, 0.05) is 19.5 Å². The molecule has 0 aliphatic heterocycles. The highest BCUT2D eigenvalue weighted by Gasteiger charge is 2.09. The minimum absolute atomic E-state index is 0.251. The first-order chi connectivity index (χ1) is 7.61. The maximum atomic E-state index is 5.86. The zero-order valence-electron chi connectivity index (χ0n) is 9.36. The predicted octanol–water partition coefficient (Wildman–Crippen LogP) is 2.36. The Morgan fingerprint density at radius 1 is 1.25 bits per heavy atom. The van der Waals surface area contributed by atoms with Crippen molar-refractivity contribution >= 4 is 28.3 Å². The van der Waals surface area contributed by atoms with Crippen LogP contribution < -0.4 is 9.64 Å². The third-order valence-electron chi connectivity index (χ3n) is 2.28. The van der Waals surface area contributed by atoms with Crippen LogP contribution in [0.3, 0.4) is 0 Å². The van der Waals surface area contributed by atoms with E-state index in [-0.39, 0.29) is 5.28 Å². The van der Waals surface area contributed by atoms with Gasteiger partial charge in [0.05, 0.1) is 12.6 Å². The Hall–Kier alpha value is -1.55. The second kappa shape index (κ2) is 4.14. The molecule has 0 aliphatic rings. The van der Waals surface area contributed by atoms with E-state index in [1.807, 2.05) is 37.2 Å². The lowest BCUT2D eigenvalue weighted by Crippen LogP contribution is -2.11. The highest BCUT2D eigenvalue weighted by Crippen LogP contribution is 2.27. The van der Waals surface area contributed by atoms with Gasteiger partial charge >= 0.3 is 0 Å². The zero-order valence-corrected chi connectivity index (χ0v) is 10.1. The SMILES string of the molecule is COc1ccc2nc(Cl)nc(N(C)C)c2c1. The first-order valence-corrected chi connectivity index (χ1v) is 5.18. The molecular weight excluding hydrogens is 226 g/mol. The summed E-state index contributed by atoms with van der Waals surface area (Å²) in [4.78, 5) is 10.3. The largest absolute Gasteiger partial charge is 0.497 e. The summed E-state index contributed by atoms with van der Waals surface area (Å²) in [7, 11) is 5.46. The van der Waals surface area contributed by atoms with Crippen LogP contribution >= 0.6 is 11.6 Å².